The minimum atomic E-state index is -0.695. The predicted octanol–water partition coefficient (Wildman–Crippen LogP) is 3.85. The summed E-state index contributed by atoms with van der Waals surface area (Å²) >= 11 is 0. The monoisotopic (exact) mass is 259 g/mol. The number of rotatable bonds is 7. The number of carboxylic acid groups (broad SMARTS) is 1. The van der Waals surface area contributed by atoms with Crippen LogP contribution in [0.15, 0.2) is 30.5 Å². The van der Waals surface area contributed by atoms with Gasteiger partial charge in [-0.2, -0.15) is 0 Å². The van der Waals surface area contributed by atoms with E-state index < -0.39 is 5.97 Å². The van der Waals surface area contributed by atoms with E-state index in [1.165, 1.54) is 16.5 Å². The third-order valence-corrected chi connectivity index (χ3v) is 3.54. The van der Waals surface area contributed by atoms with Crippen LogP contribution in [0.4, 0.5) is 0 Å². The SMILES string of the molecule is CCc1cccc2ccn(CCCCCC(=O)O)c12. The maximum Gasteiger partial charge on any atom is 0.303 e. The molecule has 2 rings (SSSR count). The van der Waals surface area contributed by atoms with Crippen LogP contribution in [-0.4, -0.2) is 15.6 Å². The highest BCUT2D eigenvalue weighted by Crippen LogP contribution is 2.21. The molecule has 102 valence electrons. The number of benzene rings is 1. The Hall–Kier alpha value is -1.77. The Morgan fingerprint density at radius 3 is 2.79 bits per heavy atom. The molecular formula is C16H21NO2. The second-order valence-corrected chi connectivity index (χ2v) is 4.92. The molecule has 1 heterocycles. The summed E-state index contributed by atoms with van der Waals surface area (Å²) in [5.74, 6) is -0.695. The van der Waals surface area contributed by atoms with Crippen molar-refractivity contribution in [3.8, 4) is 0 Å². The summed E-state index contributed by atoms with van der Waals surface area (Å²) in [5, 5.41) is 9.90. The molecule has 2 aromatic rings. The molecule has 3 heteroatoms. The molecule has 0 saturated carbocycles. The second kappa shape index (κ2) is 6.41. The molecule has 0 aliphatic heterocycles. The minimum absolute atomic E-state index is 0.284. The van der Waals surface area contributed by atoms with Crippen molar-refractivity contribution in [2.45, 2.75) is 45.6 Å². The Balaban J connectivity index is 1.99. The summed E-state index contributed by atoms with van der Waals surface area (Å²) in [7, 11) is 0. The van der Waals surface area contributed by atoms with E-state index in [0.717, 1.165) is 32.2 Å². The maximum atomic E-state index is 10.4. The van der Waals surface area contributed by atoms with Gasteiger partial charge in [0.05, 0.1) is 5.52 Å². The lowest BCUT2D eigenvalue weighted by Gasteiger charge is -2.08. The Morgan fingerprint density at radius 2 is 2.05 bits per heavy atom. The smallest absolute Gasteiger partial charge is 0.303 e. The largest absolute Gasteiger partial charge is 0.481 e. The number of hydrogen-bond donors (Lipinski definition) is 1. The van der Waals surface area contributed by atoms with Gasteiger partial charge in [0.25, 0.3) is 0 Å². The summed E-state index contributed by atoms with van der Waals surface area (Å²) in [6, 6.07) is 8.60. The number of aromatic nitrogens is 1. The van der Waals surface area contributed by atoms with Gasteiger partial charge >= 0.3 is 5.97 Å². The van der Waals surface area contributed by atoms with Crippen molar-refractivity contribution in [3.05, 3.63) is 36.0 Å². The molecule has 0 fully saturated rings. The third-order valence-electron chi connectivity index (χ3n) is 3.54. The van der Waals surface area contributed by atoms with Crippen LogP contribution >= 0.6 is 0 Å². The molecule has 3 nitrogen and oxygen atoms in total. The lowest BCUT2D eigenvalue weighted by molar-refractivity contribution is -0.137. The summed E-state index contributed by atoms with van der Waals surface area (Å²) in [5.41, 5.74) is 2.72. The lowest BCUT2D eigenvalue weighted by Crippen LogP contribution is -1.99. The number of hydrogen-bond acceptors (Lipinski definition) is 1. The van der Waals surface area contributed by atoms with E-state index in [4.69, 9.17) is 5.11 Å². The normalized spacial score (nSPS) is 11.0. The van der Waals surface area contributed by atoms with Crippen molar-refractivity contribution in [2.24, 2.45) is 0 Å². The van der Waals surface area contributed by atoms with E-state index in [1.54, 1.807) is 0 Å². The zero-order valence-corrected chi connectivity index (χ0v) is 11.4. The highest BCUT2D eigenvalue weighted by atomic mass is 16.4. The number of aryl methyl sites for hydroxylation is 2. The number of nitrogens with zero attached hydrogens (tertiary/aromatic N) is 1. The van der Waals surface area contributed by atoms with Gasteiger partial charge in [-0.1, -0.05) is 31.5 Å². The summed E-state index contributed by atoms with van der Waals surface area (Å²) in [4.78, 5) is 10.4. The van der Waals surface area contributed by atoms with Crippen LogP contribution in [0.2, 0.25) is 0 Å². The van der Waals surface area contributed by atoms with Gasteiger partial charge in [0.1, 0.15) is 0 Å². The Kier molecular flexibility index (Phi) is 4.61. The van der Waals surface area contributed by atoms with Crippen molar-refractivity contribution >= 4 is 16.9 Å². The highest BCUT2D eigenvalue weighted by Gasteiger charge is 2.05. The Bertz CT molecular complexity index is 557. The molecular weight excluding hydrogens is 238 g/mol. The predicted molar refractivity (Wildman–Crippen MR) is 77.4 cm³/mol. The fourth-order valence-electron chi connectivity index (χ4n) is 2.55. The van der Waals surface area contributed by atoms with Crippen LogP contribution in [0, 0.1) is 0 Å². The molecule has 0 saturated heterocycles. The van der Waals surface area contributed by atoms with Gasteiger partial charge in [0.2, 0.25) is 0 Å². The van der Waals surface area contributed by atoms with E-state index in [2.05, 4.69) is 42.0 Å². The quantitative estimate of drug-likeness (QED) is 0.767. The highest BCUT2D eigenvalue weighted by molar-refractivity contribution is 5.83. The number of carbonyl (C=O) groups is 1. The van der Waals surface area contributed by atoms with Gasteiger partial charge in [-0.15, -0.1) is 0 Å². The van der Waals surface area contributed by atoms with Crippen LogP contribution < -0.4 is 0 Å². The van der Waals surface area contributed by atoms with Crippen LogP contribution in [0.1, 0.15) is 38.2 Å². The number of carboxylic acids is 1. The Labute approximate surface area is 113 Å². The summed E-state index contributed by atoms with van der Waals surface area (Å²) in [6.45, 7) is 3.15. The van der Waals surface area contributed by atoms with E-state index >= 15 is 0 Å². The van der Waals surface area contributed by atoms with Crippen LogP contribution in [0.5, 0.6) is 0 Å². The van der Waals surface area contributed by atoms with E-state index in [9.17, 15) is 4.79 Å². The van der Waals surface area contributed by atoms with Gasteiger partial charge in [0.15, 0.2) is 0 Å². The van der Waals surface area contributed by atoms with Crippen molar-refractivity contribution in [1.29, 1.82) is 0 Å². The van der Waals surface area contributed by atoms with Crippen LogP contribution in [0.25, 0.3) is 10.9 Å². The summed E-state index contributed by atoms with van der Waals surface area (Å²) < 4.78 is 2.30. The summed E-state index contributed by atoms with van der Waals surface area (Å²) in [6.07, 6.45) is 6.25. The molecule has 0 atom stereocenters. The molecule has 1 aromatic carbocycles. The average Bonchev–Trinajstić information content (AvgIpc) is 2.81. The zero-order valence-electron chi connectivity index (χ0n) is 11.4. The molecule has 1 aromatic heterocycles. The first-order valence-electron chi connectivity index (χ1n) is 7.01. The van der Waals surface area contributed by atoms with Gasteiger partial charge in [-0.3, -0.25) is 4.79 Å². The van der Waals surface area contributed by atoms with E-state index in [-0.39, 0.29) is 6.42 Å². The van der Waals surface area contributed by atoms with Crippen molar-refractivity contribution < 1.29 is 9.90 Å². The van der Waals surface area contributed by atoms with Crippen LogP contribution in [0.3, 0.4) is 0 Å². The molecule has 0 spiro atoms. The first kappa shape index (κ1) is 13.7. The van der Waals surface area contributed by atoms with Gasteiger partial charge in [0, 0.05) is 19.2 Å². The first-order chi connectivity index (χ1) is 9.22. The molecule has 0 radical (unpaired) electrons. The lowest BCUT2D eigenvalue weighted by atomic mass is 10.1. The van der Waals surface area contributed by atoms with E-state index in [1.807, 2.05) is 0 Å². The molecule has 0 bridgehead atoms. The number of aliphatic carboxylic acids is 1. The molecule has 0 aliphatic rings. The van der Waals surface area contributed by atoms with Gasteiger partial charge in [-0.25, -0.2) is 0 Å². The third kappa shape index (κ3) is 3.37. The fraction of sp³-hybridized carbons (Fsp3) is 0.438. The van der Waals surface area contributed by atoms with Gasteiger partial charge < -0.3 is 9.67 Å². The molecule has 0 amide bonds. The molecule has 19 heavy (non-hydrogen) atoms. The number of fused-ring (bicyclic) bond motifs is 1. The van der Waals surface area contributed by atoms with Gasteiger partial charge in [-0.05, 0) is 36.3 Å². The topological polar surface area (TPSA) is 42.2 Å². The minimum Gasteiger partial charge on any atom is -0.481 e. The Morgan fingerprint density at radius 1 is 1.21 bits per heavy atom. The van der Waals surface area contributed by atoms with Crippen LogP contribution in [-0.2, 0) is 17.8 Å². The standard InChI is InChI=1S/C16H21NO2/c1-2-13-7-6-8-14-10-12-17(16(13)14)11-5-3-4-9-15(18)19/h6-8,10,12H,2-5,9,11H2,1H3,(H,18,19). The second-order valence-electron chi connectivity index (χ2n) is 4.92. The van der Waals surface area contributed by atoms with E-state index in [0.29, 0.717) is 0 Å². The maximum absolute atomic E-state index is 10.4. The molecule has 0 aliphatic carbocycles. The fourth-order valence-corrected chi connectivity index (χ4v) is 2.55. The zero-order chi connectivity index (χ0) is 13.7. The van der Waals surface area contributed by atoms with Crippen molar-refractivity contribution in [2.75, 3.05) is 0 Å². The number of para-hydroxylation sites is 1. The average molecular weight is 259 g/mol. The first-order valence-corrected chi connectivity index (χ1v) is 7.01. The molecule has 1 N–H and O–H groups in total. The van der Waals surface area contributed by atoms with Crippen molar-refractivity contribution in [1.82, 2.24) is 4.57 Å². The number of unbranched alkanes of at least 4 members (excludes halogenated alkanes) is 2. The molecule has 0 unspecified atom stereocenters. The van der Waals surface area contributed by atoms with Crippen molar-refractivity contribution in [3.63, 3.8) is 0 Å².